The molecule has 24 heavy (non-hydrogen) atoms. The Labute approximate surface area is 142 Å². The van der Waals surface area contributed by atoms with Gasteiger partial charge < -0.3 is 20.6 Å². The van der Waals surface area contributed by atoms with Crippen molar-refractivity contribution < 1.29 is 4.79 Å². The summed E-state index contributed by atoms with van der Waals surface area (Å²) in [6.07, 6.45) is 3.67. The Hall–Kier alpha value is -2.27. The quantitative estimate of drug-likeness (QED) is 0.880. The summed E-state index contributed by atoms with van der Waals surface area (Å²) in [7, 11) is 0. The molecule has 0 fully saturated rings. The van der Waals surface area contributed by atoms with Crippen molar-refractivity contribution in [2.75, 3.05) is 0 Å². The van der Waals surface area contributed by atoms with Crippen molar-refractivity contribution in [3.63, 3.8) is 0 Å². The van der Waals surface area contributed by atoms with E-state index >= 15 is 0 Å². The fraction of sp³-hybridized carbons (Fsp3) is 0.421. The van der Waals surface area contributed by atoms with Crippen LogP contribution in [0.25, 0.3) is 10.9 Å². The number of aromatic nitrogens is 1. The molecule has 1 atom stereocenters. The average molecular weight is 326 g/mol. The van der Waals surface area contributed by atoms with Gasteiger partial charge in [0.25, 0.3) is 0 Å². The number of amides is 1. The van der Waals surface area contributed by atoms with E-state index in [1.54, 1.807) is 0 Å². The lowest BCUT2D eigenvalue weighted by Gasteiger charge is -2.45. The van der Waals surface area contributed by atoms with Crippen LogP contribution in [-0.2, 0) is 11.2 Å². The number of hydroxylamine groups is 2. The molecule has 3 rings (SSSR count). The molecule has 0 bridgehead atoms. The molecule has 5 nitrogen and oxygen atoms in total. The van der Waals surface area contributed by atoms with Crippen molar-refractivity contribution in [1.29, 1.82) is 0 Å². The predicted molar refractivity (Wildman–Crippen MR) is 95.9 cm³/mol. The van der Waals surface area contributed by atoms with Gasteiger partial charge in [0.05, 0.1) is 6.04 Å². The maximum atomic E-state index is 12.7. The standard InChI is InChI=1S/C19H24N3O2/c1-4-17-16(21-19(23)18(22(17)24)9-12(2)3)10-13-11-20-15-8-6-5-7-14(13)15/h5-8,11-12,18,20H,4,9-10H2,1-3H3,(H,21,23)/q-1. The van der Waals surface area contributed by atoms with Crippen LogP contribution in [-0.4, -0.2) is 22.0 Å². The molecule has 2 aromatic rings. The highest BCUT2D eigenvalue weighted by Gasteiger charge is 2.29. The van der Waals surface area contributed by atoms with Gasteiger partial charge in [-0.25, -0.2) is 0 Å². The zero-order valence-corrected chi connectivity index (χ0v) is 14.4. The van der Waals surface area contributed by atoms with Gasteiger partial charge in [-0.3, -0.25) is 4.79 Å². The third kappa shape index (κ3) is 3.04. The van der Waals surface area contributed by atoms with Crippen LogP contribution in [0.4, 0.5) is 0 Å². The molecule has 1 aliphatic rings. The van der Waals surface area contributed by atoms with E-state index in [2.05, 4.69) is 16.4 Å². The topological polar surface area (TPSA) is 71.2 Å². The molecule has 2 heterocycles. The zero-order valence-electron chi connectivity index (χ0n) is 14.4. The first-order valence-electron chi connectivity index (χ1n) is 8.55. The van der Waals surface area contributed by atoms with E-state index in [0.717, 1.165) is 27.2 Å². The van der Waals surface area contributed by atoms with Crippen molar-refractivity contribution in [3.05, 3.63) is 52.6 Å². The van der Waals surface area contributed by atoms with Crippen LogP contribution in [0.3, 0.4) is 0 Å². The number of nitrogens with zero attached hydrogens (tertiary/aromatic N) is 1. The second kappa shape index (κ2) is 6.69. The Morgan fingerprint density at radius 3 is 2.75 bits per heavy atom. The highest BCUT2D eigenvalue weighted by Crippen LogP contribution is 2.28. The van der Waals surface area contributed by atoms with Gasteiger partial charge in [-0.2, -0.15) is 0 Å². The summed E-state index contributed by atoms with van der Waals surface area (Å²) in [4.78, 5) is 15.7. The molecule has 2 N–H and O–H groups in total. The fourth-order valence-corrected chi connectivity index (χ4v) is 3.36. The summed E-state index contributed by atoms with van der Waals surface area (Å²) < 4.78 is 0. The second-order valence-corrected chi connectivity index (χ2v) is 6.78. The number of hydrogen-bond donors (Lipinski definition) is 2. The molecule has 1 aromatic carbocycles. The van der Waals surface area contributed by atoms with Crippen LogP contribution in [0.5, 0.6) is 0 Å². The van der Waals surface area contributed by atoms with Gasteiger partial charge in [0.1, 0.15) is 0 Å². The molecule has 1 amide bonds. The number of carbonyl (C=O) groups is 1. The number of H-pyrrole nitrogens is 1. The van der Waals surface area contributed by atoms with E-state index < -0.39 is 6.04 Å². The van der Waals surface area contributed by atoms with Crippen molar-refractivity contribution in [2.45, 2.75) is 46.1 Å². The van der Waals surface area contributed by atoms with Crippen LogP contribution in [0.2, 0.25) is 0 Å². The summed E-state index contributed by atoms with van der Waals surface area (Å²) in [6.45, 7) is 6.01. The lowest BCUT2D eigenvalue weighted by molar-refractivity contribution is -0.125. The van der Waals surface area contributed by atoms with Gasteiger partial charge >= 0.3 is 0 Å². The van der Waals surface area contributed by atoms with E-state index in [0.29, 0.717) is 30.9 Å². The first kappa shape index (κ1) is 16.6. The predicted octanol–water partition coefficient (Wildman–Crippen LogP) is 3.68. The van der Waals surface area contributed by atoms with Crippen molar-refractivity contribution in [3.8, 4) is 0 Å². The van der Waals surface area contributed by atoms with Gasteiger partial charge in [-0.1, -0.05) is 39.0 Å². The highest BCUT2D eigenvalue weighted by atomic mass is 16.5. The van der Waals surface area contributed by atoms with E-state index in [1.165, 1.54) is 0 Å². The van der Waals surface area contributed by atoms with Crippen molar-refractivity contribution in [1.82, 2.24) is 15.4 Å². The molecule has 0 saturated carbocycles. The Bertz CT molecular complexity index is 776. The van der Waals surface area contributed by atoms with E-state index in [-0.39, 0.29) is 5.91 Å². The lowest BCUT2D eigenvalue weighted by atomic mass is 9.98. The van der Waals surface area contributed by atoms with Gasteiger partial charge in [0, 0.05) is 34.9 Å². The van der Waals surface area contributed by atoms with Crippen LogP contribution in [0.1, 0.15) is 39.2 Å². The summed E-state index contributed by atoms with van der Waals surface area (Å²) in [5, 5.41) is 17.7. The normalized spacial score (nSPS) is 18.6. The van der Waals surface area contributed by atoms with Crippen LogP contribution < -0.4 is 5.32 Å². The maximum Gasteiger partial charge on any atom is 0.246 e. The molecule has 0 radical (unpaired) electrons. The number of allylic oxidation sites excluding steroid dienone is 2. The largest absolute Gasteiger partial charge is 0.758 e. The number of hydrogen-bond acceptors (Lipinski definition) is 3. The number of nitrogens with one attached hydrogen (secondary N) is 2. The third-order valence-corrected chi connectivity index (χ3v) is 4.55. The highest BCUT2D eigenvalue weighted by molar-refractivity contribution is 5.86. The Morgan fingerprint density at radius 2 is 2.04 bits per heavy atom. The van der Waals surface area contributed by atoms with Crippen molar-refractivity contribution in [2.24, 2.45) is 5.92 Å². The second-order valence-electron chi connectivity index (χ2n) is 6.78. The third-order valence-electron chi connectivity index (χ3n) is 4.55. The van der Waals surface area contributed by atoms with E-state index in [4.69, 9.17) is 0 Å². The molecule has 0 aliphatic carbocycles. The van der Waals surface area contributed by atoms with Gasteiger partial charge in [0.15, 0.2) is 0 Å². The first-order valence-corrected chi connectivity index (χ1v) is 8.55. The minimum atomic E-state index is -0.619. The molecule has 128 valence electrons. The molecule has 1 unspecified atom stereocenters. The van der Waals surface area contributed by atoms with Crippen LogP contribution >= 0.6 is 0 Å². The molecular weight excluding hydrogens is 302 g/mol. The van der Waals surface area contributed by atoms with Crippen molar-refractivity contribution >= 4 is 16.8 Å². The minimum absolute atomic E-state index is 0.189. The van der Waals surface area contributed by atoms with E-state index in [9.17, 15) is 10.0 Å². The average Bonchev–Trinajstić information content (AvgIpc) is 2.95. The summed E-state index contributed by atoms with van der Waals surface area (Å²) in [5.41, 5.74) is 3.56. The minimum Gasteiger partial charge on any atom is -0.758 e. The summed E-state index contributed by atoms with van der Waals surface area (Å²) in [5.74, 6) is 0.108. The monoisotopic (exact) mass is 326 g/mol. The van der Waals surface area contributed by atoms with Crippen LogP contribution in [0.15, 0.2) is 41.9 Å². The maximum absolute atomic E-state index is 12.7. The zero-order chi connectivity index (χ0) is 17.3. The molecule has 0 saturated heterocycles. The number of fused-ring (bicyclic) bond motifs is 1. The number of benzene rings is 1. The summed E-state index contributed by atoms with van der Waals surface area (Å²) >= 11 is 0. The molecule has 0 spiro atoms. The Balaban J connectivity index is 1.92. The number of carbonyl (C=O) groups excluding carboxylic acids is 1. The van der Waals surface area contributed by atoms with Crippen LogP contribution in [0, 0.1) is 11.1 Å². The van der Waals surface area contributed by atoms with Gasteiger partial charge in [-0.05, 0) is 30.4 Å². The Morgan fingerprint density at radius 1 is 1.29 bits per heavy atom. The first-order chi connectivity index (χ1) is 11.5. The molecular formula is C19H24N3O2-. The molecule has 5 heteroatoms. The molecule has 1 aromatic heterocycles. The smallest absolute Gasteiger partial charge is 0.246 e. The SMILES string of the molecule is CCC1=C(Cc2c[nH]c3ccccc23)NC(=O)C(CC(C)C)N1[O-]. The Kier molecular flexibility index (Phi) is 4.62. The lowest BCUT2D eigenvalue weighted by Crippen LogP contribution is -2.50. The van der Waals surface area contributed by atoms with Gasteiger partial charge in [-0.15, -0.1) is 0 Å². The number of para-hydroxylation sites is 1. The van der Waals surface area contributed by atoms with Gasteiger partial charge in [0.2, 0.25) is 5.91 Å². The van der Waals surface area contributed by atoms with E-state index in [1.807, 2.05) is 45.2 Å². The number of rotatable bonds is 5. The fourth-order valence-electron chi connectivity index (χ4n) is 3.36. The molecule has 1 aliphatic heterocycles. The number of aromatic amines is 1. The summed E-state index contributed by atoms with van der Waals surface area (Å²) in [6, 6.07) is 7.43.